The number of hydrogen-bond acceptors (Lipinski definition) is 3. The summed E-state index contributed by atoms with van der Waals surface area (Å²) in [7, 11) is -1.97. The van der Waals surface area contributed by atoms with Crippen LogP contribution in [-0.2, 0) is 10.0 Å². The van der Waals surface area contributed by atoms with Crippen molar-refractivity contribution < 1.29 is 8.42 Å². The Morgan fingerprint density at radius 3 is 2.44 bits per heavy atom. The highest BCUT2D eigenvalue weighted by atomic mass is 32.2. The van der Waals surface area contributed by atoms with Gasteiger partial charge in [-0.15, -0.1) is 0 Å². The molecule has 0 aliphatic rings. The lowest BCUT2D eigenvalue weighted by molar-refractivity contribution is 0.311. The smallest absolute Gasteiger partial charge is 0.207 e. The Morgan fingerprint density at radius 1 is 1.33 bits per heavy atom. The van der Waals surface area contributed by atoms with Crippen LogP contribution in [0.3, 0.4) is 0 Å². The number of benzene rings is 1. The van der Waals surface area contributed by atoms with Crippen LogP contribution < -0.4 is 0 Å². The molecule has 1 aromatic rings. The predicted molar refractivity (Wildman–Crippen MR) is 70.4 cm³/mol. The van der Waals surface area contributed by atoms with E-state index in [4.69, 9.17) is 5.26 Å². The van der Waals surface area contributed by atoms with Crippen LogP contribution in [0.1, 0.15) is 26.3 Å². The molecule has 0 saturated carbocycles. The van der Waals surface area contributed by atoms with Gasteiger partial charge in [-0.2, -0.15) is 5.26 Å². The molecule has 0 spiro atoms. The Hall–Kier alpha value is -1.38. The summed E-state index contributed by atoms with van der Waals surface area (Å²) in [6.45, 7) is 6.35. The SMILES string of the molecule is CN(CC(C)(C)C)S(=O)(=O)c1cccc(C#N)c1. The van der Waals surface area contributed by atoms with Gasteiger partial charge in [-0.1, -0.05) is 26.8 Å². The van der Waals surface area contributed by atoms with Crippen LogP contribution in [0.5, 0.6) is 0 Å². The molecule has 0 aromatic heterocycles. The van der Waals surface area contributed by atoms with Crippen LogP contribution in [0.15, 0.2) is 29.2 Å². The molecule has 98 valence electrons. The van der Waals surface area contributed by atoms with Crippen LogP contribution in [0.25, 0.3) is 0 Å². The fourth-order valence-electron chi connectivity index (χ4n) is 1.66. The number of rotatable bonds is 3. The number of hydrogen-bond donors (Lipinski definition) is 0. The minimum Gasteiger partial charge on any atom is -0.207 e. The van der Waals surface area contributed by atoms with E-state index in [1.807, 2.05) is 26.8 Å². The molecule has 0 N–H and O–H groups in total. The molecule has 0 aliphatic carbocycles. The molecule has 0 radical (unpaired) electrons. The van der Waals surface area contributed by atoms with Crippen molar-refractivity contribution in [1.29, 1.82) is 5.26 Å². The first-order valence-electron chi connectivity index (χ1n) is 5.63. The van der Waals surface area contributed by atoms with Gasteiger partial charge >= 0.3 is 0 Å². The highest BCUT2D eigenvalue weighted by molar-refractivity contribution is 7.89. The Bertz CT molecular complexity index is 565. The van der Waals surface area contributed by atoms with Crippen LogP contribution in [0.4, 0.5) is 0 Å². The minimum absolute atomic E-state index is 0.116. The lowest BCUT2D eigenvalue weighted by Crippen LogP contribution is -2.34. The van der Waals surface area contributed by atoms with Gasteiger partial charge in [0, 0.05) is 13.6 Å². The van der Waals surface area contributed by atoms with Crippen molar-refractivity contribution in [2.75, 3.05) is 13.6 Å². The monoisotopic (exact) mass is 266 g/mol. The normalized spacial score (nSPS) is 12.4. The summed E-state index contributed by atoms with van der Waals surface area (Å²) >= 11 is 0. The number of sulfonamides is 1. The molecular formula is C13H18N2O2S. The largest absolute Gasteiger partial charge is 0.242 e. The second-order valence-electron chi connectivity index (χ2n) is 5.46. The van der Waals surface area contributed by atoms with Gasteiger partial charge in [0.2, 0.25) is 10.0 Å². The first-order valence-corrected chi connectivity index (χ1v) is 7.07. The summed E-state index contributed by atoms with van der Waals surface area (Å²) in [6, 6.07) is 8.02. The van der Waals surface area contributed by atoms with Gasteiger partial charge in [-0.25, -0.2) is 12.7 Å². The van der Waals surface area contributed by atoms with Crippen molar-refractivity contribution in [2.45, 2.75) is 25.7 Å². The fraction of sp³-hybridized carbons (Fsp3) is 0.462. The summed E-state index contributed by atoms with van der Waals surface area (Å²) in [4.78, 5) is 0.160. The maximum atomic E-state index is 12.3. The molecule has 0 aliphatic heterocycles. The van der Waals surface area contributed by atoms with E-state index in [2.05, 4.69) is 0 Å². The molecule has 5 heteroatoms. The van der Waals surface area contributed by atoms with E-state index in [9.17, 15) is 8.42 Å². The van der Waals surface area contributed by atoms with E-state index in [-0.39, 0.29) is 10.3 Å². The van der Waals surface area contributed by atoms with Crippen molar-refractivity contribution in [2.24, 2.45) is 5.41 Å². The molecular weight excluding hydrogens is 248 g/mol. The summed E-state index contributed by atoms with van der Waals surface area (Å²) < 4.78 is 25.9. The Kier molecular flexibility index (Phi) is 4.15. The maximum absolute atomic E-state index is 12.3. The quantitative estimate of drug-likeness (QED) is 0.842. The van der Waals surface area contributed by atoms with Gasteiger partial charge in [0.1, 0.15) is 0 Å². The second kappa shape index (κ2) is 5.09. The lowest BCUT2D eigenvalue weighted by Gasteiger charge is -2.26. The molecule has 0 fully saturated rings. The highest BCUT2D eigenvalue weighted by Crippen LogP contribution is 2.21. The zero-order valence-corrected chi connectivity index (χ0v) is 12.0. The molecule has 0 amide bonds. The van der Waals surface area contributed by atoms with Crippen molar-refractivity contribution in [3.63, 3.8) is 0 Å². The predicted octanol–water partition coefficient (Wildman–Crippen LogP) is 2.22. The standard InChI is InChI=1S/C13H18N2O2S/c1-13(2,3)10-15(4)18(16,17)12-7-5-6-11(8-12)9-14/h5-8H,10H2,1-4H3. The third kappa shape index (κ3) is 3.56. The molecule has 0 atom stereocenters. The molecule has 0 unspecified atom stereocenters. The van der Waals surface area contributed by atoms with Gasteiger partial charge in [0.25, 0.3) is 0 Å². The average Bonchev–Trinajstić information content (AvgIpc) is 2.27. The Labute approximate surface area is 109 Å². The zero-order valence-electron chi connectivity index (χ0n) is 11.1. The third-order valence-electron chi connectivity index (χ3n) is 2.37. The van der Waals surface area contributed by atoms with Crippen molar-refractivity contribution >= 4 is 10.0 Å². The van der Waals surface area contributed by atoms with Crippen LogP contribution >= 0.6 is 0 Å². The first kappa shape index (κ1) is 14.7. The molecule has 4 nitrogen and oxygen atoms in total. The third-order valence-corrected chi connectivity index (χ3v) is 4.17. The molecule has 0 bridgehead atoms. The minimum atomic E-state index is -3.52. The van der Waals surface area contributed by atoms with Gasteiger partial charge in [-0.05, 0) is 23.6 Å². The first-order chi connectivity index (χ1) is 8.16. The average molecular weight is 266 g/mol. The molecule has 1 rings (SSSR count). The maximum Gasteiger partial charge on any atom is 0.242 e. The van der Waals surface area contributed by atoms with Crippen LogP contribution in [0.2, 0.25) is 0 Å². The summed E-state index contributed by atoms with van der Waals surface area (Å²) in [6.07, 6.45) is 0. The lowest BCUT2D eigenvalue weighted by atomic mass is 9.97. The molecule has 0 heterocycles. The van der Waals surface area contributed by atoms with E-state index in [1.54, 1.807) is 19.2 Å². The van der Waals surface area contributed by atoms with E-state index < -0.39 is 10.0 Å². The summed E-state index contributed by atoms with van der Waals surface area (Å²) in [5.74, 6) is 0. The zero-order chi connectivity index (χ0) is 14.0. The van der Waals surface area contributed by atoms with Crippen molar-refractivity contribution in [1.82, 2.24) is 4.31 Å². The van der Waals surface area contributed by atoms with E-state index >= 15 is 0 Å². The van der Waals surface area contributed by atoms with Crippen molar-refractivity contribution in [3.05, 3.63) is 29.8 Å². The second-order valence-corrected chi connectivity index (χ2v) is 7.51. The number of nitrogens with zero attached hydrogens (tertiary/aromatic N) is 2. The van der Waals surface area contributed by atoms with Gasteiger partial charge in [0.05, 0.1) is 16.5 Å². The molecule has 0 saturated heterocycles. The highest BCUT2D eigenvalue weighted by Gasteiger charge is 2.25. The van der Waals surface area contributed by atoms with E-state index in [1.165, 1.54) is 16.4 Å². The summed E-state index contributed by atoms with van der Waals surface area (Å²) in [5.41, 5.74) is 0.231. The van der Waals surface area contributed by atoms with E-state index in [0.717, 1.165) is 0 Å². The van der Waals surface area contributed by atoms with Gasteiger partial charge < -0.3 is 0 Å². The van der Waals surface area contributed by atoms with Gasteiger partial charge in [-0.3, -0.25) is 0 Å². The molecule has 18 heavy (non-hydrogen) atoms. The van der Waals surface area contributed by atoms with E-state index in [0.29, 0.717) is 12.1 Å². The number of nitriles is 1. The van der Waals surface area contributed by atoms with Crippen LogP contribution in [0, 0.1) is 16.7 Å². The Balaban J connectivity index is 3.10. The van der Waals surface area contributed by atoms with Gasteiger partial charge in [0.15, 0.2) is 0 Å². The topological polar surface area (TPSA) is 61.2 Å². The van der Waals surface area contributed by atoms with Crippen LogP contribution in [-0.4, -0.2) is 26.3 Å². The Morgan fingerprint density at radius 2 is 1.94 bits per heavy atom. The van der Waals surface area contributed by atoms with Crippen molar-refractivity contribution in [3.8, 4) is 6.07 Å². The molecule has 1 aromatic carbocycles. The summed E-state index contributed by atoms with van der Waals surface area (Å²) in [5, 5.41) is 8.79. The fourth-order valence-corrected chi connectivity index (χ4v) is 3.10.